The average Bonchev–Trinajstić information content (AvgIpc) is 2.74. The Hall–Kier alpha value is -2.54. The smallest absolute Gasteiger partial charge is 0.269 e. The van der Waals surface area contributed by atoms with E-state index in [2.05, 4.69) is 5.10 Å². The second-order valence-electron chi connectivity index (χ2n) is 5.36. The normalized spacial score (nSPS) is 13.7. The Labute approximate surface area is 127 Å². The summed E-state index contributed by atoms with van der Waals surface area (Å²) in [7, 11) is 0. The number of non-ortho nitro benzene ring substituents is 1. The second kappa shape index (κ2) is 5.34. The quantitative estimate of drug-likeness (QED) is 0.693. The van der Waals surface area contributed by atoms with Gasteiger partial charge in [0.05, 0.1) is 16.3 Å². The van der Waals surface area contributed by atoms with E-state index < -0.39 is 10.5 Å². The number of nitrogens with zero attached hydrogens (tertiary/aromatic N) is 3. The Bertz CT molecular complexity index is 762. The molecule has 1 aromatic carbocycles. The second-order valence-corrected chi connectivity index (χ2v) is 5.36. The zero-order valence-corrected chi connectivity index (χ0v) is 12.8. The number of hydrogen-bond donors (Lipinski definition) is 1. The summed E-state index contributed by atoms with van der Waals surface area (Å²) >= 11 is 0. The van der Waals surface area contributed by atoms with Crippen LogP contribution in [0.3, 0.4) is 0 Å². The molecule has 0 amide bonds. The fourth-order valence-electron chi connectivity index (χ4n) is 2.72. The molecule has 0 aliphatic heterocycles. The van der Waals surface area contributed by atoms with E-state index in [1.54, 1.807) is 19.9 Å². The minimum atomic E-state index is -1.49. The zero-order chi connectivity index (χ0) is 16.7. The van der Waals surface area contributed by atoms with Crippen LogP contribution in [0.1, 0.15) is 41.2 Å². The van der Waals surface area contributed by atoms with Crippen LogP contribution in [0.2, 0.25) is 0 Å². The standard InChI is InChI=1S/C15H17N3O4/c1-9-14(10(2)17(16-9)11(3)19)15(4,20)12-6-5-7-13(8-12)18(21)22/h5-8,20H,1-4H3. The van der Waals surface area contributed by atoms with Crippen molar-refractivity contribution in [1.82, 2.24) is 9.78 Å². The largest absolute Gasteiger partial charge is 0.381 e. The Morgan fingerprint density at radius 3 is 2.55 bits per heavy atom. The van der Waals surface area contributed by atoms with Crippen LogP contribution in [0.15, 0.2) is 24.3 Å². The van der Waals surface area contributed by atoms with Gasteiger partial charge in [-0.05, 0) is 26.3 Å². The highest BCUT2D eigenvalue weighted by molar-refractivity contribution is 5.76. The Balaban J connectivity index is 2.62. The van der Waals surface area contributed by atoms with Gasteiger partial charge in [0.25, 0.3) is 5.69 Å². The van der Waals surface area contributed by atoms with Crippen LogP contribution < -0.4 is 0 Å². The number of benzene rings is 1. The monoisotopic (exact) mass is 303 g/mol. The Kier molecular flexibility index (Phi) is 3.85. The molecule has 0 bridgehead atoms. The third kappa shape index (κ3) is 2.50. The molecule has 2 aromatic rings. The molecule has 0 aliphatic carbocycles. The SMILES string of the molecule is CC(=O)n1nc(C)c(C(C)(O)c2cccc([N+](=O)[O-])c2)c1C. The van der Waals surface area contributed by atoms with Crippen LogP contribution >= 0.6 is 0 Å². The van der Waals surface area contributed by atoms with Gasteiger partial charge in [0.2, 0.25) is 5.91 Å². The van der Waals surface area contributed by atoms with Crippen molar-refractivity contribution in [3.05, 3.63) is 56.9 Å². The fourth-order valence-corrected chi connectivity index (χ4v) is 2.72. The number of hydrogen-bond acceptors (Lipinski definition) is 5. The van der Waals surface area contributed by atoms with Crippen molar-refractivity contribution in [2.75, 3.05) is 0 Å². The zero-order valence-electron chi connectivity index (χ0n) is 12.8. The molecule has 0 saturated heterocycles. The van der Waals surface area contributed by atoms with Gasteiger partial charge in [-0.25, -0.2) is 4.68 Å². The van der Waals surface area contributed by atoms with Crippen LogP contribution in [0.5, 0.6) is 0 Å². The van der Waals surface area contributed by atoms with Crippen molar-refractivity contribution in [2.24, 2.45) is 0 Å². The summed E-state index contributed by atoms with van der Waals surface area (Å²) in [5, 5.41) is 26.0. The summed E-state index contributed by atoms with van der Waals surface area (Å²) in [6.07, 6.45) is 0. The molecule has 0 radical (unpaired) electrons. The van der Waals surface area contributed by atoms with E-state index in [9.17, 15) is 20.0 Å². The van der Waals surface area contributed by atoms with Crippen molar-refractivity contribution in [1.29, 1.82) is 0 Å². The summed E-state index contributed by atoms with van der Waals surface area (Å²) in [6, 6.07) is 5.81. The van der Waals surface area contributed by atoms with Crippen LogP contribution in [0.4, 0.5) is 5.69 Å². The van der Waals surface area contributed by atoms with Crippen molar-refractivity contribution in [3.8, 4) is 0 Å². The first kappa shape index (κ1) is 15.8. The molecule has 0 fully saturated rings. The molecule has 0 spiro atoms. The third-order valence-corrected chi connectivity index (χ3v) is 3.70. The number of nitro benzene ring substituents is 1. The van der Waals surface area contributed by atoms with Gasteiger partial charge in [0.1, 0.15) is 5.60 Å². The number of aryl methyl sites for hydroxylation is 1. The van der Waals surface area contributed by atoms with E-state index in [-0.39, 0.29) is 11.6 Å². The van der Waals surface area contributed by atoms with Gasteiger partial charge < -0.3 is 5.11 Å². The lowest BCUT2D eigenvalue weighted by Gasteiger charge is -2.24. The average molecular weight is 303 g/mol. The number of nitro groups is 1. The highest BCUT2D eigenvalue weighted by Crippen LogP contribution is 2.34. The van der Waals surface area contributed by atoms with Crippen molar-refractivity contribution in [2.45, 2.75) is 33.3 Å². The van der Waals surface area contributed by atoms with E-state index >= 15 is 0 Å². The van der Waals surface area contributed by atoms with Gasteiger partial charge >= 0.3 is 0 Å². The molecule has 116 valence electrons. The maximum atomic E-state index is 11.6. The Morgan fingerprint density at radius 1 is 1.41 bits per heavy atom. The van der Waals surface area contributed by atoms with Crippen LogP contribution in [-0.2, 0) is 5.60 Å². The van der Waals surface area contributed by atoms with E-state index in [1.807, 2.05) is 0 Å². The predicted octanol–water partition coefficient (Wildman–Crippen LogP) is 2.32. The molecule has 2 rings (SSSR count). The van der Waals surface area contributed by atoms with Gasteiger partial charge in [-0.15, -0.1) is 0 Å². The first-order chi connectivity index (χ1) is 10.2. The highest BCUT2D eigenvalue weighted by Gasteiger charge is 2.33. The van der Waals surface area contributed by atoms with Crippen molar-refractivity contribution < 1.29 is 14.8 Å². The van der Waals surface area contributed by atoms with Crippen LogP contribution in [0.25, 0.3) is 0 Å². The molecule has 7 nitrogen and oxygen atoms in total. The number of aromatic nitrogens is 2. The molecular formula is C15H17N3O4. The van der Waals surface area contributed by atoms with Gasteiger partial charge in [0.15, 0.2) is 0 Å². The van der Waals surface area contributed by atoms with E-state index in [1.165, 1.54) is 36.7 Å². The number of rotatable bonds is 3. The molecule has 0 aliphatic rings. The summed E-state index contributed by atoms with van der Waals surface area (Å²) in [5.74, 6) is -0.262. The topological polar surface area (TPSA) is 98.3 Å². The molecule has 1 heterocycles. The highest BCUT2D eigenvalue weighted by atomic mass is 16.6. The maximum Gasteiger partial charge on any atom is 0.269 e. The molecule has 1 N–H and O–H groups in total. The minimum Gasteiger partial charge on any atom is -0.381 e. The van der Waals surface area contributed by atoms with Gasteiger partial charge in [-0.2, -0.15) is 5.10 Å². The molecular weight excluding hydrogens is 286 g/mol. The molecule has 1 aromatic heterocycles. The summed E-state index contributed by atoms with van der Waals surface area (Å²) < 4.78 is 1.22. The molecule has 0 saturated carbocycles. The van der Waals surface area contributed by atoms with Crippen LogP contribution in [-0.4, -0.2) is 25.7 Å². The van der Waals surface area contributed by atoms with E-state index in [4.69, 9.17) is 0 Å². The van der Waals surface area contributed by atoms with Gasteiger partial charge in [-0.3, -0.25) is 14.9 Å². The molecule has 1 unspecified atom stereocenters. The summed E-state index contributed by atoms with van der Waals surface area (Å²) in [6.45, 7) is 6.29. The van der Waals surface area contributed by atoms with Crippen molar-refractivity contribution >= 4 is 11.6 Å². The van der Waals surface area contributed by atoms with E-state index in [0.717, 1.165) is 0 Å². The lowest BCUT2D eigenvalue weighted by atomic mass is 9.86. The summed E-state index contributed by atoms with van der Waals surface area (Å²) in [5.41, 5.74) is 0.269. The van der Waals surface area contributed by atoms with Gasteiger partial charge in [-0.1, -0.05) is 12.1 Å². The molecule has 7 heteroatoms. The van der Waals surface area contributed by atoms with Crippen molar-refractivity contribution in [3.63, 3.8) is 0 Å². The number of aliphatic hydroxyl groups is 1. The molecule has 1 atom stereocenters. The maximum absolute atomic E-state index is 11.6. The predicted molar refractivity (Wildman–Crippen MR) is 79.8 cm³/mol. The first-order valence-electron chi connectivity index (χ1n) is 6.71. The minimum absolute atomic E-state index is 0.105. The number of carbonyl (C=O) groups excluding carboxylic acids is 1. The Morgan fingerprint density at radius 2 is 2.05 bits per heavy atom. The lowest BCUT2D eigenvalue weighted by molar-refractivity contribution is -0.385. The van der Waals surface area contributed by atoms with Crippen LogP contribution in [0, 0.1) is 24.0 Å². The third-order valence-electron chi connectivity index (χ3n) is 3.70. The summed E-state index contributed by atoms with van der Waals surface area (Å²) in [4.78, 5) is 22.0. The first-order valence-corrected chi connectivity index (χ1v) is 6.71. The fraction of sp³-hybridized carbons (Fsp3) is 0.333. The van der Waals surface area contributed by atoms with E-state index in [0.29, 0.717) is 22.5 Å². The molecule has 22 heavy (non-hydrogen) atoms. The number of carbonyl (C=O) groups is 1. The van der Waals surface area contributed by atoms with Gasteiger partial charge in [0, 0.05) is 24.6 Å². The lowest BCUT2D eigenvalue weighted by Crippen LogP contribution is -2.25.